The summed E-state index contributed by atoms with van der Waals surface area (Å²) in [6.45, 7) is 6.55. The maximum atomic E-state index is 11.5. The van der Waals surface area contributed by atoms with Crippen molar-refractivity contribution in [2.75, 3.05) is 11.9 Å². The topological polar surface area (TPSA) is 51.2 Å². The SMILES string of the molecule is CCOC(=O)c1ccc(NC(C)(C)C2CC2)nc1. The molecule has 1 saturated carbocycles. The Bertz CT molecular complexity index is 422. The number of nitrogens with one attached hydrogen (secondary N) is 1. The maximum Gasteiger partial charge on any atom is 0.339 e. The third-order valence-electron chi connectivity index (χ3n) is 3.32. The summed E-state index contributed by atoms with van der Waals surface area (Å²) < 4.78 is 4.92. The van der Waals surface area contributed by atoms with Crippen molar-refractivity contribution in [3.8, 4) is 0 Å². The monoisotopic (exact) mass is 248 g/mol. The fourth-order valence-corrected chi connectivity index (χ4v) is 2.04. The Labute approximate surface area is 108 Å². The average Bonchev–Trinajstić information content (AvgIpc) is 3.13. The maximum absolute atomic E-state index is 11.5. The van der Waals surface area contributed by atoms with Gasteiger partial charge in [-0.25, -0.2) is 9.78 Å². The number of hydrogen-bond donors (Lipinski definition) is 1. The molecule has 1 aromatic heterocycles. The molecule has 4 nitrogen and oxygen atoms in total. The first-order valence-corrected chi connectivity index (χ1v) is 6.44. The van der Waals surface area contributed by atoms with Gasteiger partial charge < -0.3 is 10.1 Å². The highest BCUT2D eigenvalue weighted by Crippen LogP contribution is 2.40. The summed E-state index contributed by atoms with van der Waals surface area (Å²) >= 11 is 0. The van der Waals surface area contributed by atoms with E-state index in [-0.39, 0.29) is 11.5 Å². The summed E-state index contributed by atoms with van der Waals surface area (Å²) in [5, 5.41) is 3.42. The van der Waals surface area contributed by atoms with Gasteiger partial charge in [0, 0.05) is 11.7 Å². The second-order valence-corrected chi connectivity index (χ2v) is 5.27. The normalized spacial score (nSPS) is 15.3. The Kier molecular flexibility index (Phi) is 3.55. The van der Waals surface area contributed by atoms with E-state index >= 15 is 0 Å². The number of ether oxygens (including phenoxy) is 1. The molecule has 0 amide bonds. The van der Waals surface area contributed by atoms with E-state index in [2.05, 4.69) is 24.1 Å². The number of esters is 1. The van der Waals surface area contributed by atoms with Gasteiger partial charge in [-0.2, -0.15) is 0 Å². The van der Waals surface area contributed by atoms with E-state index in [1.54, 1.807) is 19.2 Å². The van der Waals surface area contributed by atoms with E-state index in [0.29, 0.717) is 12.2 Å². The lowest BCUT2D eigenvalue weighted by Gasteiger charge is -2.26. The molecule has 2 rings (SSSR count). The first-order chi connectivity index (χ1) is 8.53. The van der Waals surface area contributed by atoms with Crippen LogP contribution in [0.1, 0.15) is 44.0 Å². The largest absolute Gasteiger partial charge is 0.462 e. The minimum absolute atomic E-state index is 0.0679. The second kappa shape index (κ2) is 4.96. The van der Waals surface area contributed by atoms with Gasteiger partial charge in [-0.1, -0.05) is 0 Å². The molecule has 1 heterocycles. The molecule has 0 saturated heterocycles. The lowest BCUT2D eigenvalue weighted by atomic mass is 9.99. The lowest BCUT2D eigenvalue weighted by Crippen LogP contribution is -2.33. The molecule has 1 N–H and O–H groups in total. The van der Waals surface area contributed by atoms with Gasteiger partial charge >= 0.3 is 5.97 Å². The Hall–Kier alpha value is -1.58. The first-order valence-electron chi connectivity index (χ1n) is 6.44. The van der Waals surface area contributed by atoms with Crippen molar-refractivity contribution >= 4 is 11.8 Å². The third-order valence-corrected chi connectivity index (χ3v) is 3.32. The molecular formula is C14H20N2O2. The summed E-state index contributed by atoms with van der Waals surface area (Å²) in [7, 11) is 0. The number of carbonyl (C=O) groups excluding carboxylic acids is 1. The van der Waals surface area contributed by atoms with E-state index in [1.807, 2.05) is 6.07 Å². The van der Waals surface area contributed by atoms with Crippen molar-refractivity contribution < 1.29 is 9.53 Å². The third kappa shape index (κ3) is 3.00. The van der Waals surface area contributed by atoms with Gasteiger partial charge in [0.15, 0.2) is 0 Å². The van der Waals surface area contributed by atoms with Crippen LogP contribution in [0.3, 0.4) is 0 Å². The lowest BCUT2D eigenvalue weighted by molar-refractivity contribution is 0.0526. The molecule has 0 aromatic carbocycles. The fourth-order valence-electron chi connectivity index (χ4n) is 2.04. The summed E-state index contributed by atoms with van der Waals surface area (Å²) in [6, 6.07) is 3.58. The smallest absolute Gasteiger partial charge is 0.339 e. The van der Waals surface area contributed by atoms with E-state index in [0.717, 1.165) is 11.7 Å². The van der Waals surface area contributed by atoms with E-state index in [4.69, 9.17) is 4.74 Å². The van der Waals surface area contributed by atoms with E-state index in [1.165, 1.54) is 12.8 Å². The fraction of sp³-hybridized carbons (Fsp3) is 0.571. The standard InChI is InChI=1S/C14H20N2O2/c1-4-18-13(17)10-5-8-12(15-9-10)16-14(2,3)11-6-7-11/h5,8-9,11H,4,6-7H2,1-3H3,(H,15,16). The number of carbonyl (C=O) groups is 1. The van der Waals surface area contributed by atoms with Gasteiger partial charge in [0.25, 0.3) is 0 Å². The van der Waals surface area contributed by atoms with Crippen LogP contribution < -0.4 is 5.32 Å². The van der Waals surface area contributed by atoms with Crippen molar-refractivity contribution in [2.45, 2.75) is 39.2 Å². The highest BCUT2D eigenvalue weighted by atomic mass is 16.5. The molecule has 0 radical (unpaired) electrons. The Balaban J connectivity index is 2.01. The molecular weight excluding hydrogens is 228 g/mol. The van der Waals surface area contributed by atoms with Crippen LogP contribution in [0.15, 0.2) is 18.3 Å². The highest BCUT2D eigenvalue weighted by molar-refractivity contribution is 5.89. The van der Waals surface area contributed by atoms with Gasteiger partial charge in [0.2, 0.25) is 0 Å². The summed E-state index contributed by atoms with van der Waals surface area (Å²) in [6.07, 6.45) is 4.12. The number of nitrogens with zero attached hydrogens (tertiary/aromatic N) is 1. The zero-order valence-electron chi connectivity index (χ0n) is 11.2. The molecule has 0 aliphatic heterocycles. The van der Waals surface area contributed by atoms with Crippen LogP contribution in [0.5, 0.6) is 0 Å². The van der Waals surface area contributed by atoms with E-state index < -0.39 is 0 Å². The number of aromatic nitrogens is 1. The Morgan fingerprint density at radius 3 is 2.72 bits per heavy atom. The van der Waals surface area contributed by atoms with Crippen LogP contribution in [-0.4, -0.2) is 23.1 Å². The van der Waals surface area contributed by atoms with Gasteiger partial charge in [0.05, 0.1) is 12.2 Å². The van der Waals surface area contributed by atoms with Crippen molar-refractivity contribution in [3.63, 3.8) is 0 Å². The second-order valence-electron chi connectivity index (χ2n) is 5.27. The Morgan fingerprint density at radius 2 is 2.22 bits per heavy atom. The summed E-state index contributed by atoms with van der Waals surface area (Å²) in [5.74, 6) is 1.21. The van der Waals surface area contributed by atoms with Gasteiger partial charge in [0.1, 0.15) is 5.82 Å². The van der Waals surface area contributed by atoms with E-state index in [9.17, 15) is 4.79 Å². The van der Waals surface area contributed by atoms with Crippen molar-refractivity contribution in [1.82, 2.24) is 4.98 Å². The molecule has 1 aliphatic carbocycles. The molecule has 1 aromatic rings. The van der Waals surface area contributed by atoms with Gasteiger partial charge in [-0.3, -0.25) is 0 Å². The van der Waals surface area contributed by atoms with Crippen LogP contribution in [0.2, 0.25) is 0 Å². The molecule has 18 heavy (non-hydrogen) atoms. The van der Waals surface area contributed by atoms with Crippen LogP contribution in [0, 0.1) is 5.92 Å². The number of rotatable bonds is 5. The molecule has 0 atom stereocenters. The summed E-state index contributed by atoms with van der Waals surface area (Å²) in [5.41, 5.74) is 0.560. The summed E-state index contributed by atoms with van der Waals surface area (Å²) in [4.78, 5) is 15.7. The predicted octanol–water partition coefficient (Wildman–Crippen LogP) is 2.86. The minimum atomic E-state index is -0.321. The molecule has 98 valence electrons. The molecule has 1 fully saturated rings. The van der Waals surface area contributed by atoms with Crippen molar-refractivity contribution in [1.29, 1.82) is 0 Å². The number of hydrogen-bond acceptors (Lipinski definition) is 4. The van der Waals surface area contributed by atoms with Crippen molar-refractivity contribution in [2.24, 2.45) is 5.92 Å². The number of pyridine rings is 1. The van der Waals surface area contributed by atoms with Crippen LogP contribution in [-0.2, 0) is 4.74 Å². The van der Waals surface area contributed by atoms with Crippen LogP contribution in [0.25, 0.3) is 0 Å². The highest BCUT2D eigenvalue weighted by Gasteiger charge is 2.37. The first kappa shape index (κ1) is 12.9. The molecule has 0 spiro atoms. The predicted molar refractivity (Wildman–Crippen MR) is 70.6 cm³/mol. The average molecular weight is 248 g/mol. The molecule has 4 heteroatoms. The quantitative estimate of drug-likeness (QED) is 0.814. The van der Waals surface area contributed by atoms with Crippen molar-refractivity contribution in [3.05, 3.63) is 23.9 Å². The zero-order chi connectivity index (χ0) is 13.2. The van der Waals surface area contributed by atoms with Crippen LogP contribution >= 0.6 is 0 Å². The number of anilines is 1. The van der Waals surface area contributed by atoms with Crippen LogP contribution in [0.4, 0.5) is 5.82 Å². The molecule has 0 bridgehead atoms. The molecule has 1 aliphatic rings. The zero-order valence-corrected chi connectivity index (χ0v) is 11.2. The Morgan fingerprint density at radius 1 is 1.50 bits per heavy atom. The van der Waals surface area contributed by atoms with Gasteiger partial charge in [-0.05, 0) is 51.7 Å². The minimum Gasteiger partial charge on any atom is -0.462 e. The van der Waals surface area contributed by atoms with Gasteiger partial charge in [-0.15, -0.1) is 0 Å². The molecule has 0 unspecified atom stereocenters.